The highest BCUT2D eigenvalue weighted by Gasteiger charge is 2.29. The Balaban J connectivity index is 2.32. The molecule has 2 rings (SSSR count). The Labute approximate surface area is 96.4 Å². The van der Waals surface area contributed by atoms with Crippen LogP contribution in [0.15, 0.2) is 18.2 Å². The number of nitrogens with zero attached hydrogens (tertiary/aromatic N) is 1. The van der Waals surface area contributed by atoms with Gasteiger partial charge in [-0.05, 0) is 26.1 Å². The minimum absolute atomic E-state index is 0.157. The molecule has 1 aliphatic heterocycles. The third-order valence-corrected chi connectivity index (χ3v) is 3.20. The SMILES string of the molecule is CNCC1Oc2cc(N)ccc2N(C)C1C. The number of anilines is 2. The standard InChI is InChI=1S/C12H19N3O/c1-8-12(7-14-2)16-11-6-9(13)4-5-10(11)15(8)3/h4-6,8,12,14H,7,13H2,1-3H3. The number of benzene rings is 1. The molecule has 0 radical (unpaired) electrons. The van der Waals surface area contributed by atoms with Crippen molar-refractivity contribution < 1.29 is 4.74 Å². The molecule has 0 aliphatic carbocycles. The van der Waals surface area contributed by atoms with Gasteiger partial charge in [-0.15, -0.1) is 0 Å². The first-order valence-electron chi connectivity index (χ1n) is 5.57. The lowest BCUT2D eigenvalue weighted by Crippen LogP contribution is -2.50. The Hall–Kier alpha value is -1.42. The summed E-state index contributed by atoms with van der Waals surface area (Å²) < 4.78 is 5.95. The number of hydrogen-bond donors (Lipinski definition) is 2. The third-order valence-electron chi connectivity index (χ3n) is 3.20. The Kier molecular flexibility index (Phi) is 2.92. The molecule has 0 saturated heterocycles. The zero-order valence-corrected chi connectivity index (χ0v) is 10.0. The first-order valence-corrected chi connectivity index (χ1v) is 5.57. The van der Waals surface area contributed by atoms with E-state index in [2.05, 4.69) is 24.2 Å². The Morgan fingerprint density at radius 3 is 2.94 bits per heavy atom. The Morgan fingerprint density at radius 1 is 1.50 bits per heavy atom. The molecule has 0 fully saturated rings. The molecule has 0 spiro atoms. The van der Waals surface area contributed by atoms with Crippen LogP contribution in [0.25, 0.3) is 0 Å². The van der Waals surface area contributed by atoms with Crippen molar-refractivity contribution in [1.29, 1.82) is 0 Å². The first-order chi connectivity index (χ1) is 7.63. The zero-order valence-electron chi connectivity index (χ0n) is 10.0. The number of nitrogen functional groups attached to an aromatic ring is 1. The van der Waals surface area contributed by atoms with Crippen LogP contribution in [-0.2, 0) is 0 Å². The molecule has 0 bridgehead atoms. The fourth-order valence-electron chi connectivity index (χ4n) is 2.06. The molecular weight excluding hydrogens is 202 g/mol. The second kappa shape index (κ2) is 4.22. The van der Waals surface area contributed by atoms with E-state index < -0.39 is 0 Å². The van der Waals surface area contributed by atoms with Crippen LogP contribution in [0, 0.1) is 0 Å². The lowest BCUT2D eigenvalue weighted by atomic mass is 10.1. The van der Waals surface area contributed by atoms with Crippen molar-refractivity contribution >= 4 is 11.4 Å². The molecule has 1 aromatic rings. The van der Waals surface area contributed by atoms with Crippen LogP contribution < -0.4 is 20.7 Å². The summed E-state index contributed by atoms with van der Waals surface area (Å²) in [6.45, 7) is 3.00. The lowest BCUT2D eigenvalue weighted by Gasteiger charge is -2.39. The number of rotatable bonds is 2. The van der Waals surface area contributed by atoms with Crippen LogP contribution in [0.4, 0.5) is 11.4 Å². The zero-order chi connectivity index (χ0) is 11.7. The topological polar surface area (TPSA) is 50.5 Å². The Morgan fingerprint density at radius 2 is 2.25 bits per heavy atom. The van der Waals surface area contributed by atoms with Crippen molar-refractivity contribution in [3.63, 3.8) is 0 Å². The number of nitrogens with two attached hydrogens (primary N) is 1. The van der Waals surface area contributed by atoms with Crippen LogP contribution in [0.1, 0.15) is 6.92 Å². The van der Waals surface area contributed by atoms with E-state index in [9.17, 15) is 0 Å². The maximum atomic E-state index is 5.95. The van der Waals surface area contributed by atoms with Gasteiger partial charge in [0.05, 0.1) is 11.7 Å². The van der Waals surface area contributed by atoms with Crippen molar-refractivity contribution in [3.05, 3.63) is 18.2 Å². The highest BCUT2D eigenvalue weighted by molar-refractivity contribution is 5.65. The highest BCUT2D eigenvalue weighted by atomic mass is 16.5. The third kappa shape index (κ3) is 1.80. The molecule has 0 amide bonds. The van der Waals surface area contributed by atoms with E-state index in [0.717, 1.165) is 23.7 Å². The van der Waals surface area contributed by atoms with Gasteiger partial charge in [0.25, 0.3) is 0 Å². The summed E-state index contributed by atoms with van der Waals surface area (Å²) >= 11 is 0. The molecule has 4 heteroatoms. The molecule has 4 nitrogen and oxygen atoms in total. The first kappa shape index (κ1) is 11.1. The van der Waals surface area contributed by atoms with Crippen molar-refractivity contribution in [1.82, 2.24) is 5.32 Å². The van der Waals surface area contributed by atoms with Crippen molar-refractivity contribution in [2.45, 2.75) is 19.1 Å². The number of nitrogens with one attached hydrogen (secondary N) is 1. The normalized spacial score (nSPS) is 23.8. The van der Waals surface area contributed by atoms with Crippen molar-refractivity contribution in [3.8, 4) is 5.75 Å². The van der Waals surface area contributed by atoms with Gasteiger partial charge in [-0.3, -0.25) is 0 Å². The summed E-state index contributed by atoms with van der Waals surface area (Å²) in [5.74, 6) is 0.876. The van der Waals surface area contributed by atoms with Crippen LogP contribution >= 0.6 is 0 Å². The van der Waals surface area contributed by atoms with Gasteiger partial charge in [-0.25, -0.2) is 0 Å². The quantitative estimate of drug-likeness (QED) is 0.734. The van der Waals surface area contributed by atoms with E-state index in [1.54, 1.807) is 0 Å². The summed E-state index contributed by atoms with van der Waals surface area (Å²) in [4.78, 5) is 2.24. The van der Waals surface area contributed by atoms with Crippen LogP contribution in [0.2, 0.25) is 0 Å². The molecule has 16 heavy (non-hydrogen) atoms. The van der Waals surface area contributed by atoms with Crippen molar-refractivity contribution in [2.75, 3.05) is 31.3 Å². The van der Waals surface area contributed by atoms with Gasteiger partial charge >= 0.3 is 0 Å². The maximum absolute atomic E-state index is 5.95. The number of hydrogen-bond acceptors (Lipinski definition) is 4. The fraction of sp³-hybridized carbons (Fsp3) is 0.500. The van der Waals surface area contributed by atoms with Crippen LogP contribution in [-0.4, -0.2) is 32.8 Å². The van der Waals surface area contributed by atoms with Gasteiger partial charge in [0, 0.05) is 25.3 Å². The van der Waals surface area contributed by atoms with E-state index in [1.807, 2.05) is 25.2 Å². The number of likely N-dealkylation sites (N-methyl/N-ethyl adjacent to an activating group) is 2. The average molecular weight is 221 g/mol. The molecular formula is C12H19N3O. The van der Waals surface area contributed by atoms with Gasteiger partial charge in [-0.1, -0.05) is 0 Å². The molecule has 0 aromatic heterocycles. The summed E-state index contributed by atoms with van der Waals surface area (Å²) in [6.07, 6.45) is 0.157. The molecule has 2 atom stereocenters. The predicted octanol–water partition coefficient (Wildman–Crippen LogP) is 1.07. The van der Waals surface area contributed by atoms with Gasteiger partial charge in [0.1, 0.15) is 11.9 Å². The van der Waals surface area contributed by atoms with E-state index in [4.69, 9.17) is 10.5 Å². The molecule has 1 aromatic carbocycles. The predicted molar refractivity (Wildman–Crippen MR) is 67.1 cm³/mol. The van der Waals surface area contributed by atoms with E-state index >= 15 is 0 Å². The van der Waals surface area contributed by atoms with E-state index in [0.29, 0.717) is 6.04 Å². The number of fused-ring (bicyclic) bond motifs is 1. The summed E-state index contributed by atoms with van der Waals surface area (Å²) in [7, 11) is 4.02. The highest BCUT2D eigenvalue weighted by Crippen LogP contribution is 2.36. The van der Waals surface area contributed by atoms with Gasteiger partial charge in [0.2, 0.25) is 0 Å². The fourth-order valence-corrected chi connectivity index (χ4v) is 2.06. The molecule has 1 heterocycles. The van der Waals surface area contributed by atoms with Gasteiger partial charge in [0.15, 0.2) is 0 Å². The van der Waals surface area contributed by atoms with E-state index in [1.165, 1.54) is 0 Å². The molecule has 88 valence electrons. The maximum Gasteiger partial charge on any atom is 0.145 e. The van der Waals surface area contributed by atoms with Gasteiger partial charge in [-0.2, -0.15) is 0 Å². The minimum atomic E-state index is 0.157. The lowest BCUT2D eigenvalue weighted by molar-refractivity contribution is 0.161. The average Bonchev–Trinajstić information content (AvgIpc) is 2.25. The summed E-state index contributed by atoms with van der Waals surface area (Å²) in [6, 6.07) is 6.16. The van der Waals surface area contributed by atoms with E-state index in [-0.39, 0.29) is 6.10 Å². The van der Waals surface area contributed by atoms with Crippen LogP contribution in [0.3, 0.4) is 0 Å². The van der Waals surface area contributed by atoms with Crippen molar-refractivity contribution in [2.24, 2.45) is 0 Å². The summed E-state index contributed by atoms with van der Waals surface area (Å²) in [5, 5.41) is 3.15. The monoisotopic (exact) mass is 221 g/mol. The molecule has 0 saturated carbocycles. The molecule has 1 aliphatic rings. The second-order valence-corrected chi connectivity index (χ2v) is 4.29. The Bertz CT molecular complexity index is 381. The largest absolute Gasteiger partial charge is 0.485 e. The molecule has 2 unspecified atom stereocenters. The smallest absolute Gasteiger partial charge is 0.145 e. The summed E-state index contributed by atoms with van der Waals surface area (Å²) in [5.41, 5.74) is 7.61. The van der Waals surface area contributed by atoms with Gasteiger partial charge < -0.3 is 20.7 Å². The molecule has 3 N–H and O–H groups in total. The second-order valence-electron chi connectivity index (χ2n) is 4.29. The minimum Gasteiger partial charge on any atom is -0.485 e. The van der Waals surface area contributed by atoms with Crippen LogP contribution in [0.5, 0.6) is 5.75 Å². The number of ether oxygens (including phenoxy) is 1.